The Labute approximate surface area is 238 Å². The molecule has 0 spiro atoms. The lowest BCUT2D eigenvalue weighted by Crippen LogP contribution is -2.49. The van der Waals surface area contributed by atoms with E-state index >= 15 is 0 Å². The van der Waals surface area contributed by atoms with Crippen LogP contribution in [0.1, 0.15) is 40.1 Å². The van der Waals surface area contributed by atoms with Gasteiger partial charge in [-0.05, 0) is 62.0 Å². The fourth-order valence-corrected chi connectivity index (χ4v) is 4.87. The summed E-state index contributed by atoms with van der Waals surface area (Å²) < 4.78 is 6.46. The van der Waals surface area contributed by atoms with Crippen LogP contribution in [0.25, 0.3) is 0 Å². The molecule has 8 nitrogen and oxygen atoms in total. The summed E-state index contributed by atoms with van der Waals surface area (Å²) in [6.07, 6.45) is 2.83. The summed E-state index contributed by atoms with van der Waals surface area (Å²) in [5.74, 6) is -0.177. The van der Waals surface area contributed by atoms with E-state index in [9.17, 15) is 14.7 Å². The third-order valence-corrected chi connectivity index (χ3v) is 7.53. The topological polar surface area (TPSA) is 95.0 Å². The van der Waals surface area contributed by atoms with Crippen LogP contribution in [-0.2, 0) is 6.54 Å². The standard InChI is InChI=1S/C29H32Cl2N4O4/c1-18-14-35(19(2)17-36)29(38)23-13-22(33-28(37)21-8-10-32-11-9-21)5-7-26(23)39-27(18)16-34(3)15-20-4-6-24(30)25(31)12-20/h4-13,18-19,27,36H,14-17H2,1-3H3,(H,33,37)/t18-,19-,27-/m0/s1. The van der Waals surface area contributed by atoms with Crippen molar-refractivity contribution in [2.24, 2.45) is 5.92 Å². The van der Waals surface area contributed by atoms with Gasteiger partial charge in [-0.2, -0.15) is 0 Å². The minimum Gasteiger partial charge on any atom is -0.488 e. The third-order valence-electron chi connectivity index (χ3n) is 6.79. The Morgan fingerprint density at radius 1 is 1.18 bits per heavy atom. The molecule has 2 aromatic carbocycles. The SMILES string of the molecule is C[C@H]1CN([C@@H](C)CO)C(=O)c2cc(NC(=O)c3ccncc3)ccc2O[C@H]1CN(C)Cc1ccc(Cl)c(Cl)c1. The van der Waals surface area contributed by atoms with Crippen LogP contribution in [0.2, 0.25) is 10.0 Å². The van der Waals surface area contributed by atoms with Crippen molar-refractivity contribution in [2.75, 3.05) is 32.1 Å². The maximum atomic E-state index is 13.7. The number of nitrogens with zero attached hydrogens (tertiary/aromatic N) is 3. The Morgan fingerprint density at radius 2 is 1.92 bits per heavy atom. The van der Waals surface area contributed by atoms with Crippen molar-refractivity contribution in [1.82, 2.24) is 14.8 Å². The van der Waals surface area contributed by atoms with Gasteiger partial charge in [-0.3, -0.25) is 19.5 Å². The van der Waals surface area contributed by atoms with Crippen molar-refractivity contribution in [3.63, 3.8) is 0 Å². The van der Waals surface area contributed by atoms with Crippen LogP contribution in [-0.4, -0.2) is 70.6 Å². The van der Waals surface area contributed by atoms with Crippen molar-refractivity contribution < 1.29 is 19.4 Å². The molecule has 2 heterocycles. The third kappa shape index (κ3) is 7.08. The number of likely N-dealkylation sites (N-methyl/N-ethyl adjacent to an activating group) is 1. The second kappa shape index (κ2) is 12.8. The summed E-state index contributed by atoms with van der Waals surface area (Å²) in [6, 6.07) is 13.5. The molecule has 0 unspecified atom stereocenters. The van der Waals surface area contributed by atoms with Gasteiger partial charge < -0.3 is 20.1 Å². The zero-order chi connectivity index (χ0) is 28.1. The van der Waals surface area contributed by atoms with Crippen molar-refractivity contribution >= 4 is 40.7 Å². The van der Waals surface area contributed by atoms with Crippen LogP contribution in [0.15, 0.2) is 60.9 Å². The number of anilines is 1. The fourth-order valence-electron chi connectivity index (χ4n) is 4.55. The first kappa shape index (κ1) is 28.8. The van der Waals surface area contributed by atoms with Crippen molar-refractivity contribution in [3.8, 4) is 5.75 Å². The van der Waals surface area contributed by atoms with E-state index < -0.39 is 6.04 Å². The second-order valence-corrected chi connectivity index (χ2v) is 10.8. The molecule has 1 aliphatic heterocycles. The van der Waals surface area contributed by atoms with Crippen molar-refractivity contribution in [1.29, 1.82) is 0 Å². The van der Waals surface area contributed by atoms with Gasteiger partial charge in [0.25, 0.3) is 11.8 Å². The number of nitrogens with one attached hydrogen (secondary N) is 1. The molecule has 0 bridgehead atoms. The first-order valence-corrected chi connectivity index (χ1v) is 13.5. The maximum Gasteiger partial charge on any atom is 0.258 e. The molecule has 10 heteroatoms. The molecule has 206 valence electrons. The Morgan fingerprint density at radius 3 is 2.62 bits per heavy atom. The van der Waals surface area contributed by atoms with Crippen molar-refractivity contribution in [3.05, 3.63) is 87.7 Å². The number of carbonyl (C=O) groups is 2. The highest BCUT2D eigenvalue weighted by atomic mass is 35.5. The number of fused-ring (bicyclic) bond motifs is 1. The molecule has 0 aliphatic carbocycles. The van der Waals surface area contributed by atoms with Crippen LogP contribution >= 0.6 is 23.2 Å². The lowest BCUT2D eigenvalue weighted by molar-refractivity contribution is 0.0341. The fraction of sp³-hybridized carbons (Fsp3) is 0.345. The van der Waals surface area contributed by atoms with Gasteiger partial charge in [-0.15, -0.1) is 0 Å². The quantitative estimate of drug-likeness (QED) is 0.396. The number of hydrogen-bond acceptors (Lipinski definition) is 6. The summed E-state index contributed by atoms with van der Waals surface area (Å²) in [6.45, 7) is 5.29. The molecule has 2 amide bonds. The van der Waals surface area contributed by atoms with E-state index in [1.165, 1.54) is 0 Å². The van der Waals surface area contributed by atoms with E-state index in [1.807, 2.05) is 33.0 Å². The number of pyridine rings is 1. The number of aliphatic hydroxyl groups is 1. The van der Waals surface area contributed by atoms with Gasteiger partial charge >= 0.3 is 0 Å². The number of hydrogen-bond donors (Lipinski definition) is 2. The molecule has 0 saturated carbocycles. The van der Waals surface area contributed by atoms with E-state index in [1.54, 1.807) is 53.7 Å². The van der Waals surface area contributed by atoms with Gasteiger partial charge in [0.1, 0.15) is 11.9 Å². The Bertz CT molecular complexity index is 1320. The number of carbonyl (C=O) groups excluding carboxylic acids is 2. The molecule has 3 atom stereocenters. The molecule has 3 aromatic rings. The normalized spacial score (nSPS) is 18.1. The first-order valence-electron chi connectivity index (χ1n) is 12.7. The number of aliphatic hydroxyl groups excluding tert-OH is 1. The van der Waals surface area contributed by atoms with E-state index in [-0.39, 0.29) is 30.4 Å². The molecule has 0 fully saturated rings. The predicted molar refractivity (Wildman–Crippen MR) is 153 cm³/mol. The van der Waals surface area contributed by atoms with Crippen molar-refractivity contribution in [2.45, 2.75) is 32.5 Å². The summed E-state index contributed by atoms with van der Waals surface area (Å²) in [4.78, 5) is 34.1. The van der Waals surface area contributed by atoms with Gasteiger partial charge in [0.05, 0.1) is 28.3 Å². The zero-order valence-electron chi connectivity index (χ0n) is 22.1. The lowest BCUT2D eigenvalue weighted by Gasteiger charge is -2.38. The number of benzene rings is 2. The average Bonchev–Trinajstić information content (AvgIpc) is 2.93. The Kier molecular flexibility index (Phi) is 9.45. The van der Waals surface area contributed by atoms with Gasteiger partial charge in [-0.1, -0.05) is 36.2 Å². The molecular weight excluding hydrogens is 539 g/mol. The van der Waals surface area contributed by atoms with Crippen LogP contribution in [0, 0.1) is 5.92 Å². The number of aromatic nitrogens is 1. The highest BCUT2D eigenvalue weighted by molar-refractivity contribution is 6.42. The van der Waals surface area contributed by atoms with Gasteiger partial charge in [-0.25, -0.2) is 0 Å². The first-order chi connectivity index (χ1) is 18.7. The van der Waals surface area contributed by atoms with E-state index in [2.05, 4.69) is 15.2 Å². The summed E-state index contributed by atoms with van der Waals surface area (Å²) in [5, 5.41) is 13.8. The van der Waals surface area contributed by atoms with Gasteiger partial charge in [0.15, 0.2) is 0 Å². The molecule has 4 rings (SSSR count). The van der Waals surface area contributed by atoms with Gasteiger partial charge in [0.2, 0.25) is 0 Å². The molecule has 0 radical (unpaired) electrons. The summed E-state index contributed by atoms with van der Waals surface area (Å²) >= 11 is 12.3. The van der Waals surface area contributed by atoms with Crippen LogP contribution in [0.5, 0.6) is 5.75 Å². The summed E-state index contributed by atoms with van der Waals surface area (Å²) in [7, 11) is 2.00. The van der Waals surface area contributed by atoms with Crippen LogP contribution in [0.3, 0.4) is 0 Å². The number of rotatable bonds is 8. The largest absolute Gasteiger partial charge is 0.488 e. The maximum absolute atomic E-state index is 13.7. The second-order valence-electron chi connectivity index (χ2n) is 9.97. The average molecular weight is 572 g/mol. The smallest absolute Gasteiger partial charge is 0.258 e. The Balaban J connectivity index is 1.59. The number of amides is 2. The molecular formula is C29H32Cl2N4O4. The molecule has 1 aromatic heterocycles. The van der Waals surface area contributed by atoms with Crippen LogP contribution < -0.4 is 10.1 Å². The zero-order valence-corrected chi connectivity index (χ0v) is 23.6. The highest BCUT2D eigenvalue weighted by Gasteiger charge is 2.33. The van der Waals surface area contributed by atoms with E-state index in [0.717, 1.165) is 5.56 Å². The van der Waals surface area contributed by atoms with E-state index in [0.29, 0.717) is 52.2 Å². The molecule has 0 saturated heterocycles. The highest BCUT2D eigenvalue weighted by Crippen LogP contribution is 2.31. The monoisotopic (exact) mass is 570 g/mol. The minimum atomic E-state index is -0.393. The van der Waals surface area contributed by atoms with E-state index in [4.69, 9.17) is 27.9 Å². The molecule has 2 N–H and O–H groups in total. The lowest BCUT2D eigenvalue weighted by atomic mass is 9.99. The van der Waals surface area contributed by atoms with Crippen LogP contribution in [0.4, 0.5) is 5.69 Å². The Hall–Kier alpha value is -3.17. The molecule has 39 heavy (non-hydrogen) atoms. The number of halogens is 2. The molecule has 1 aliphatic rings. The summed E-state index contributed by atoms with van der Waals surface area (Å²) in [5.41, 5.74) is 2.26. The predicted octanol–water partition coefficient (Wildman–Crippen LogP) is 4.99. The van der Waals surface area contributed by atoms with Gasteiger partial charge in [0, 0.05) is 49.2 Å². The minimum absolute atomic E-state index is 0.0292. The number of ether oxygens (including phenoxy) is 1.